The fourth-order valence-corrected chi connectivity index (χ4v) is 1.60. The molecule has 0 saturated carbocycles. The summed E-state index contributed by atoms with van der Waals surface area (Å²) in [6.07, 6.45) is -1.63. The molecule has 1 heterocycles. The zero-order valence-electron chi connectivity index (χ0n) is 7.80. The van der Waals surface area contributed by atoms with Gasteiger partial charge in [-0.15, -0.1) is 0 Å². The Bertz CT molecular complexity index is 266. The number of likely N-dealkylation sites (tertiary alicyclic amines) is 1. The first kappa shape index (κ1) is 10.8. The highest BCUT2D eigenvalue weighted by Crippen LogP contribution is 2.28. The lowest BCUT2D eigenvalue weighted by Crippen LogP contribution is -2.60. The van der Waals surface area contributed by atoms with Crippen LogP contribution in [0.4, 0.5) is 4.79 Å². The number of hydrogen-bond donors (Lipinski definition) is 3. The molecule has 80 valence electrons. The van der Waals surface area contributed by atoms with E-state index in [9.17, 15) is 14.7 Å². The maximum absolute atomic E-state index is 10.9. The molecule has 0 aromatic carbocycles. The van der Waals surface area contributed by atoms with Gasteiger partial charge in [-0.1, -0.05) is 0 Å². The molecule has 6 nitrogen and oxygen atoms in total. The quantitative estimate of drug-likeness (QED) is 0.555. The van der Waals surface area contributed by atoms with Crippen LogP contribution in [0.1, 0.15) is 19.8 Å². The van der Waals surface area contributed by atoms with Gasteiger partial charge in [0.1, 0.15) is 5.54 Å². The number of aliphatic carboxylic acids is 1. The van der Waals surface area contributed by atoms with Gasteiger partial charge < -0.3 is 15.3 Å². The number of aliphatic hydroxyl groups is 1. The SMILES string of the molecule is CC1(C(=O)O)CCC(O)CN1C(=O)O. The average molecular weight is 203 g/mol. The van der Waals surface area contributed by atoms with Crippen LogP contribution in [0.2, 0.25) is 0 Å². The van der Waals surface area contributed by atoms with Crippen LogP contribution in [0.15, 0.2) is 0 Å². The van der Waals surface area contributed by atoms with Crippen molar-refractivity contribution in [1.29, 1.82) is 0 Å². The lowest BCUT2D eigenvalue weighted by molar-refractivity contribution is -0.153. The second-order valence-electron chi connectivity index (χ2n) is 3.66. The summed E-state index contributed by atoms with van der Waals surface area (Å²) in [6.45, 7) is 1.22. The number of β-amino-alcohol motifs (C(OH)–C–C–N with tert-alkyl or cyclic N) is 1. The molecule has 3 N–H and O–H groups in total. The molecule has 0 bridgehead atoms. The van der Waals surface area contributed by atoms with E-state index in [4.69, 9.17) is 10.2 Å². The first-order chi connectivity index (χ1) is 6.38. The maximum atomic E-state index is 10.9. The van der Waals surface area contributed by atoms with Crippen LogP contribution in [-0.4, -0.2) is 50.5 Å². The summed E-state index contributed by atoms with van der Waals surface area (Å²) < 4.78 is 0. The lowest BCUT2D eigenvalue weighted by atomic mass is 9.88. The summed E-state index contributed by atoms with van der Waals surface area (Å²) >= 11 is 0. The van der Waals surface area contributed by atoms with Crippen LogP contribution >= 0.6 is 0 Å². The van der Waals surface area contributed by atoms with E-state index in [1.165, 1.54) is 6.92 Å². The highest BCUT2D eigenvalue weighted by Gasteiger charge is 2.46. The van der Waals surface area contributed by atoms with Crippen molar-refractivity contribution >= 4 is 12.1 Å². The summed E-state index contributed by atoms with van der Waals surface area (Å²) in [5.74, 6) is -1.17. The van der Waals surface area contributed by atoms with Crippen molar-refractivity contribution in [2.45, 2.75) is 31.4 Å². The van der Waals surface area contributed by atoms with Gasteiger partial charge in [-0.25, -0.2) is 9.59 Å². The minimum absolute atomic E-state index is 0.135. The molecule has 1 aliphatic rings. The number of amides is 1. The summed E-state index contributed by atoms with van der Waals surface area (Å²) in [5.41, 5.74) is -1.41. The van der Waals surface area contributed by atoms with E-state index >= 15 is 0 Å². The van der Waals surface area contributed by atoms with E-state index in [-0.39, 0.29) is 13.0 Å². The van der Waals surface area contributed by atoms with Crippen molar-refractivity contribution in [3.8, 4) is 0 Å². The van der Waals surface area contributed by atoms with Crippen LogP contribution in [0, 0.1) is 0 Å². The second-order valence-corrected chi connectivity index (χ2v) is 3.66. The molecule has 0 spiro atoms. The molecular weight excluding hydrogens is 190 g/mol. The molecule has 1 fully saturated rings. The molecule has 1 rings (SSSR count). The van der Waals surface area contributed by atoms with Gasteiger partial charge in [0, 0.05) is 0 Å². The Morgan fingerprint density at radius 3 is 2.43 bits per heavy atom. The van der Waals surface area contributed by atoms with E-state index in [0.29, 0.717) is 6.42 Å². The summed E-state index contributed by atoms with van der Waals surface area (Å²) in [5, 5.41) is 27.0. The number of carboxylic acids is 1. The minimum Gasteiger partial charge on any atom is -0.480 e. The van der Waals surface area contributed by atoms with Crippen molar-refractivity contribution < 1.29 is 24.9 Å². The van der Waals surface area contributed by atoms with Crippen molar-refractivity contribution in [1.82, 2.24) is 4.90 Å². The molecule has 2 unspecified atom stereocenters. The van der Waals surface area contributed by atoms with Crippen molar-refractivity contribution in [2.75, 3.05) is 6.54 Å². The molecule has 0 aromatic rings. The van der Waals surface area contributed by atoms with E-state index in [1.54, 1.807) is 0 Å². The Hall–Kier alpha value is -1.30. The number of piperidine rings is 1. The van der Waals surface area contributed by atoms with Crippen LogP contribution in [0.3, 0.4) is 0 Å². The highest BCUT2D eigenvalue weighted by molar-refractivity contribution is 5.83. The molecule has 2 atom stereocenters. The number of nitrogens with zero attached hydrogens (tertiary/aromatic N) is 1. The standard InChI is InChI=1S/C8H13NO5/c1-8(6(11)12)3-2-5(10)4-9(8)7(13)14/h5,10H,2-4H2,1H3,(H,11,12)(H,13,14). The number of rotatable bonds is 1. The Balaban J connectivity index is 2.93. The van der Waals surface area contributed by atoms with Gasteiger partial charge >= 0.3 is 12.1 Å². The fourth-order valence-electron chi connectivity index (χ4n) is 1.60. The number of aliphatic hydroxyl groups excluding tert-OH is 1. The molecule has 0 aliphatic carbocycles. The van der Waals surface area contributed by atoms with Gasteiger partial charge in [-0.05, 0) is 19.8 Å². The molecule has 0 radical (unpaired) electrons. The van der Waals surface area contributed by atoms with E-state index in [2.05, 4.69) is 0 Å². The van der Waals surface area contributed by atoms with Gasteiger partial charge in [-0.3, -0.25) is 4.90 Å². The first-order valence-corrected chi connectivity index (χ1v) is 4.30. The molecular formula is C8H13NO5. The van der Waals surface area contributed by atoms with Gasteiger partial charge in [-0.2, -0.15) is 0 Å². The lowest BCUT2D eigenvalue weighted by Gasteiger charge is -2.41. The Kier molecular flexibility index (Phi) is 2.66. The maximum Gasteiger partial charge on any atom is 0.408 e. The number of carboxylic acid groups (broad SMARTS) is 2. The van der Waals surface area contributed by atoms with Gasteiger partial charge in [0.15, 0.2) is 0 Å². The van der Waals surface area contributed by atoms with E-state index in [0.717, 1.165) is 4.90 Å². The normalized spacial score (nSPS) is 32.7. The van der Waals surface area contributed by atoms with Gasteiger partial charge in [0.05, 0.1) is 12.6 Å². The molecule has 14 heavy (non-hydrogen) atoms. The van der Waals surface area contributed by atoms with Gasteiger partial charge in [0.2, 0.25) is 0 Å². The monoisotopic (exact) mass is 203 g/mol. The second kappa shape index (κ2) is 3.45. The molecule has 6 heteroatoms. The Morgan fingerprint density at radius 2 is 2.00 bits per heavy atom. The Morgan fingerprint density at radius 1 is 1.43 bits per heavy atom. The molecule has 1 amide bonds. The zero-order valence-corrected chi connectivity index (χ0v) is 7.80. The number of carbonyl (C=O) groups is 2. The van der Waals surface area contributed by atoms with E-state index < -0.39 is 23.7 Å². The van der Waals surface area contributed by atoms with Crippen molar-refractivity contribution in [2.24, 2.45) is 0 Å². The van der Waals surface area contributed by atoms with Crippen molar-refractivity contribution in [3.63, 3.8) is 0 Å². The first-order valence-electron chi connectivity index (χ1n) is 4.30. The summed E-state index contributed by atoms with van der Waals surface area (Å²) in [4.78, 5) is 22.5. The molecule has 0 aromatic heterocycles. The largest absolute Gasteiger partial charge is 0.480 e. The Labute approximate surface area is 80.8 Å². The van der Waals surface area contributed by atoms with Crippen LogP contribution in [0.5, 0.6) is 0 Å². The minimum atomic E-state index is -1.41. The summed E-state index contributed by atoms with van der Waals surface area (Å²) in [6, 6.07) is 0. The predicted molar refractivity (Wildman–Crippen MR) is 46.0 cm³/mol. The van der Waals surface area contributed by atoms with Crippen LogP contribution in [-0.2, 0) is 4.79 Å². The third-order valence-corrected chi connectivity index (χ3v) is 2.65. The predicted octanol–water partition coefficient (Wildman–Crippen LogP) is -0.0356. The third-order valence-electron chi connectivity index (χ3n) is 2.65. The third kappa shape index (κ3) is 1.65. The fraction of sp³-hybridized carbons (Fsp3) is 0.750. The topological polar surface area (TPSA) is 98.1 Å². The van der Waals surface area contributed by atoms with Crippen LogP contribution in [0.25, 0.3) is 0 Å². The highest BCUT2D eigenvalue weighted by atomic mass is 16.4. The average Bonchev–Trinajstić information content (AvgIpc) is 2.08. The molecule has 1 aliphatic heterocycles. The van der Waals surface area contributed by atoms with Crippen LogP contribution < -0.4 is 0 Å². The number of hydrogen-bond acceptors (Lipinski definition) is 3. The zero-order chi connectivity index (χ0) is 10.9. The van der Waals surface area contributed by atoms with Gasteiger partial charge in [0.25, 0.3) is 0 Å². The van der Waals surface area contributed by atoms with E-state index in [1.807, 2.05) is 0 Å². The summed E-state index contributed by atoms with van der Waals surface area (Å²) in [7, 11) is 0. The molecule has 1 saturated heterocycles. The van der Waals surface area contributed by atoms with Crippen molar-refractivity contribution in [3.05, 3.63) is 0 Å². The smallest absolute Gasteiger partial charge is 0.408 e.